The van der Waals surface area contributed by atoms with Crippen molar-refractivity contribution in [2.75, 3.05) is 18.1 Å². The maximum atomic E-state index is 11.5. The smallest absolute Gasteiger partial charge is 0.330 e. The highest BCUT2D eigenvalue weighted by atomic mass is 35.5. The highest BCUT2D eigenvalue weighted by molar-refractivity contribution is 6.30. The Bertz CT molecular complexity index is 419. The molecule has 1 unspecified atom stereocenters. The lowest BCUT2D eigenvalue weighted by atomic mass is 10.2. The molecule has 1 aromatic carbocycles. The summed E-state index contributed by atoms with van der Waals surface area (Å²) in [6.07, 6.45) is 0. The summed E-state index contributed by atoms with van der Waals surface area (Å²) in [4.78, 5) is 13.5. The Labute approximate surface area is 100.0 Å². The van der Waals surface area contributed by atoms with Gasteiger partial charge >= 0.3 is 5.97 Å². The third kappa shape index (κ3) is 2.14. The van der Waals surface area contributed by atoms with Gasteiger partial charge in [0.1, 0.15) is 6.04 Å². The molecule has 0 aliphatic carbocycles. The third-order valence-electron chi connectivity index (χ3n) is 2.65. The molecular weight excluding hydrogens is 226 g/mol. The molecule has 1 atom stereocenters. The van der Waals surface area contributed by atoms with Crippen molar-refractivity contribution in [3.05, 3.63) is 28.8 Å². The molecule has 1 heterocycles. The minimum absolute atomic E-state index is 0.128. The number of ether oxygens (including phenoxy) is 1. The number of nitrogens with zero attached hydrogens (tertiary/aromatic N) is 1. The van der Waals surface area contributed by atoms with E-state index < -0.39 is 0 Å². The number of hydrogen-bond acceptors (Lipinski definition) is 3. The quantitative estimate of drug-likeness (QED) is 0.599. The molecule has 1 aromatic rings. The van der Waals surface area contributed by atoms with Gasteiger partial charge in [0.2, 0.25) is 0 Å². The molecule has 3 nitrogen and oxygen atoms in total. The zero-order chi connectivity index (χ0) is 11.7. The normalized spacial score (nSPS) is 18.4. The Morgan fingerprint density at radius 2 is 2.38 bits per heavy atom. The lowest BCUT2D eigenvalue weighted by Gasteiger charge is -2.09. The van der Waals surface area contributed by atoms with Crippen molar-refractivity contribution in [2.45, 2.75) is 19.9 Å². The number of aryl methyl sites for hydroxylation is 1. The zero-order valence-corrected chi connectivity index (χ0v) is 10.1. The topological polar surface area (TPSA) is 29.3 Å². The Morgan fingerprint density at radius 1 is 1.62 bits per heavy atom. The van der Waals surface area contributed by atoms with E-state index in [4.69, 9.17) is 16.3 Å². The van der Waals surface area contributed by atoms with Gasteiger partial charge in [0.15, 0.2) is 0 Å². The van der Waals surface area contributed by atoms with Crippen LogP contribution in [0.3, 0.4) is 0 Å². The number of carbonyl (C=O) groups is 1. The summed E-state index contributed by atoms with van der Waals surface area (Å²) < 4.78 is 4.97. The Hall–Kier alpha value is -1.22. The third-order valence-corrected chi connectivity index (χ3v) is 2.89. The molecule has 0 N–H and O–H groups in total. The van der Waals surface area contributed by atoms with Crippen LogP contribution in [0.15, 0.2) is 18.2 Å². The van der Waals surface area contributed by atoms with Gasteiger partial charge in [0.05, 0.1) is 13.2 Å². The number of carbonyl (C=O) groups excluding carboxylic acids is 1. The van der Waals surface area contributed by atoms with Gasteiger partial charge in [-0.05, 0) is 31.5 Å². The van der Waals surface area contributed by atoms with Crippen molar-refractivity contribution in [1.82, 2.24) is 0 Å². The van der Waals surface area contributed by atoms with Crippen molar-refractivity contribution in [3.63, 3.8) is 0 Å². The largest absolute Gasteiger partial charge is 0.464 e. The molecule has 1 aliphatic rings. The number of esters is 1. The first kappa shape index (κ1) is 11.3. The molecular formula is C12H14ClNO2. The van der Waals surface area contributed by atoms with E-state index >= 15 is 0 Å². The van der Waals surface area contributed by atoms with E-state index in [2.05, 4.69) is 0 Å². The molecule has 1 saturated heterocycles. The maximum Gasteiger partial charge on any atom is 0.330 e. The lowest BCUT2D eigenvalue weighted by Crippen LogP contribution is -2.16. The average molecular weight is 240 g/mol. The van der Waals surface area contributed by atoms with Crippen molar-refractivity contribution >= 4 is 23.3 Å². The van der Waals surface area contributed by atoms with Crippen molar-refractivity contribution in [3.8, 4) is 0 Å². The molecule has 0 saturated carbocycles. The first-order chi connectivity index (χ1) is 7.63. The SMILES string of the molecule is CCOC(=O)C1CN1c1cc(Cl)ccc1C. The zero-order valence-electron chi connectivity index (χ0n) is 9.37. The molecule has 0 spiro atoms. The van der Waals surface area contributed by atoms with Gasteiger partial charge in [-0.3, -0.25) is 0 Å². The second-order valence-corrected chi connectivity index (χ2v) is 4.29. The van der Waals surface area contributed by atoms with E-state index in [1.54, 1.807) is 0 Å². The van der Waals surface area contributed by atoms with Crippen LogP contribution >= 0.6 is 11.6 Å². The van der Waals surface area contributed by atoms with E-state index in [1.165, 1.54) is 0 Å². The van der Waals surface area contributed by atoms with Crippen molar-refractivity contribution in [1.29, 1.82) is 0 Å². The second-order valence-electron chi connectivity index (χ2n) is 3.85. The summed E-state index contributed by atoms with van der Waals surface area (Å²) in [5.41, 5.74) is 2.14. The number of benzene rings is 1. The molecule has 0 radical (unpaired) electrons. The van der Waals surface area contributed by atoms with Crippen LogP contribution in [0, 0.1) is 6.92 Å². The van der Waals surface area contributed by atoms with Crippen LogP contribution in [-0.4, -0.2) is 25.2 Å². The van der Waals surface area contributed by atoms with Crippen molar-refractivity contribution in [2.24, 2.45) is 0 Å². The second kappa shape index (κ2) is 4.34. The molecule has 16 heavy (non-hydrogen) atoms. The molecule has 1 aliphatic heterocycles. The van der Waals surface area contributed by atoms with Crippen LogP contribution in [-0.2, 0) is 9.53 Å². The van der Waals surface area contributed by atoms with Gasteiger partial charge in [0, 0.05) is 10.7 Å². The lowest BCUT2D eigenvalue weighted by molar-refractivity contribution is -0.142. The summed E-state index contributed by atoms with van der Waals surface area (Å²) in [5, 5.41) is 0.690. The first-order valence-electron chi connectivity index (χ1n) is 5.33. The van der Waals surface area contributed by atoms with Gasteiger partial charge in [-0.25, -0.2) is 4.79 Å². The van der Waals surface area contributed by atoms with E-state index in [9.17, 15) is 4.79 Å². The number of rotatable bonds is 3. The Morgan fingerprint density at radius 3 is 3.06 bits per heavy atom. The van der Waals surface area contributed by atoms with Crippen LogP contribution in [0.2, 0.25) is 5.02 Å². The summed E-state index contributed by atoms with van der Waals surface area (Å²) in [6.45, 7) is 4.97. The van der Waals surface area contributed by atoms with Crippen molar-refractivity contribution < 1.29 is 9.53 Å². The van der Waals surface area contributed by atoms with Gasteiger partial charge in [-0.2, -0.15) is 0 Å². The first-order valence-corrected chi connectivity index (χ1v) is 5.70. The number of anilines is 1. The Balaban J connectivity index is 2.11. The molecule has 0 amide bonds. The number of halogens is 1. The number of hydrogen-bond donors (Lipinski definition) is 0. The van der Waals surface area contributed by atoms with E-state index in [0.717, 1.165) is 17.8 Å². The highest BCUT2D eigenvalue weighted by Crippen LogP contribution is 2.33. The Kier molecular flexibility index (Phi) is 3.06. The predicted octanol–water partition coefficient (Wildman–Crippen LogP) is 2.40. The van der Waals surface area contributed by atoms with Crippen LogP contribution < -0.4 is 4.90 Å². The van der Waals surface area contributed by atoms with Crippen LogP contribution in [0.5, 0.6) is 0 Å². The summed E-state index contributed by atoms with van der Waals surface area (Å²) >= 11 is 5.93. The summed E-state index contributed by atoms with van der Waals surface area (Å²) in [7, 11) is 0. The van der Waals surface area contributed by atoms with Gasteiger partial charge in [-0.1, -0.05) is 17.7 Å². The van der Waals surface area contributed by atoms with Crippen LogP contribution in [0.1, 0.15) is 12.5 Å². The van der Waals surface area contributed by atoms with Gasteiger partial charge in [-0.15, -0.1) is 0 Å². The van der Waals surface area contributed by atoms with Crippen LogP contribution in [0.4, 0.5) is 5.69 Å². The highest BCUT2D eigenvalue weighted by Gasteiger charge is 2.42. The molecule has 86 valence electrons. The molecule has 0 bridgehead atoms. The molecule has 4 heteroatoms. The van der Waals surface area contributed by atoms with Gasteiger partial charge in [0.25, 0.3) is 0 Å². The fourth-order valence-electron chi connectivity index (χ4n) is 1.74. The minimum Gasteiger partial charge on any atom is -0.464 e. The fourth-order valence-corrected chi connectivity index (χ4v) is 1.90. The standard InChI is InChI=1S/C12H14ClNO2/c1-3-16-12(15)11-7-14(11)10-6-9(13)5-4-8(10)2/h4-6,11H,3,7H2,1-2H3. The van der Waals surface area contributed by atoms with E-state index in [1.807, 2.05) is 36.9 Å². The molecule has 2 rings (SSSR count). The summed E-state index contributed by atoms with van der Waals surface area (Å²) in [6, 6.07) is 5.56. The summed E-state index contributed by atoms with van der Waals surface area (Å²) in [5.74, 6) is -0.151. The molecule has 0 aromatic heterocycles. The minimum atomic E-state index is -0.151. The fraction of sp³-hybridized carbons (Fsp3) is 0.417. The van der Waals surface area contributed by atoms with E-state index in [0.29, 0.717) is 11.6 Å². The predicted molar refractivity (Wildman–Crippen MR) is 64.0 cm³/mol. The maximum absolute atomic E-state index is 11.5. The van der Waals surface area contributed by atoms with Crippen LogP contribution in [0.25, 0.3) is 0 Å². The monoisotopic (exact) mass is 239 g/mol. The van der Waals surface area contributed by atoms with Gasteiger partial charge < -0.3 is 9.64 Å². The van der Waals surface area contributed by atoms with E-state index in [-0.39, 0.29) is 12.0 Å². The average Bonchev–Trinajstić information content (AvgIpc) is 3.02. The molecule has 1 fully saturated rings.